The number of morpholine rings is 1. The summed E-state index contributed by atoms with van der Waals surface area (Å²) in [6, 6.07) is 0.140. The summed E-state index contributed by atoms with van der Waals surface area (Å²) in [5.74, 6) is 1.45. The van der Waals surface area contributed by atoms with Gasteiger partial charge in [-0.05, 0) is 19.8 Å². The van der Waals surface area contributed by atoms with Crippen molar-refractivity contribution in [2.45, 2.75) is 31.9 Å². The minimum Gasteiger partial charge on any atom is -0.394 e. The van der Waals surface area contributed by atoms with Crippen LogP contribution in [0.3, 0.4) is 0 Å². The van der Waals surface area contributed by atoms with E-state index in [4.69, 9.17) is 10.5 Å². The van der Waals surface area contributed by atoms with Crippen LogP contribution in [0.2, 0.25) is 0 Å². The Hall–Kier alpha value is -1.67. The van der Waals surface area contributed by atoms with Gasteiger partial charge in [0.25, 0.3) is 0 Å². The number of nitrogen functional groups attached to an aromatic ring is 1. The van der Waals surface area contributed by atoms with E-state index < -0.39 is 0 Å². The molecule has 0 radical (unpaired) electrons. The van der Waals surface area contributed by atoms with Crippen LogP contribution in [0, 0.1) is 0 Å². The van der Waals surface area contributed by atoms with Gasteiger partial charge in [-0.15, -0.1) is 0 Å². The van der Waals surface area contributed by atoms with Crippen molar-refractivity contribution in [1.29, 1.82) is 0 Å². The predicted octanol–water partition coefficient (Wildman–Crippen LogP) is -0.360. The highest BCUT2D eigenvalue weighted by Crippen LogP contribution is 2.22. The molecule has 2 aliphatic rings. The zero-order valence-corrected chi connectivity index (χ0v) is 12.3. The molecule has 0 spiro atoms. The van der Waals surface area contributed by atoms with Crippen LogP contribution in [0.15, 0.2) is 0 Å². The molecule has 8 heteroatoms. The summed E-state index contributed by atoms with van der Waals surface area (Å²) in [6.07, 6.45) is 2.09. The molecule has 1 aromatic rings. The molecule has 3 heterocycles. The molecule has 2 saturated heterocycles. The lowest BCUT2D eigenvalue weighted by molar-refractivity contribution is -0.0108. The fourth-order valence-corrected chi connectivity index (χ4v) is 2.76. The topological polar surface area (TPSA) is 101 Å². The van der Waals surface area contributed by atoms with E-state index in [0.29, 0.717) is 25.0 Å². The molecule has 0 aliphatic carbocycles. The molecule has 2 atom stereocenters. The molecule has 8 nitrogen and oxygen atoms in total. The van der Waals surface area contributed by atoms with Gasteiger partial charge in [0.05, 0.1) is 25.4 Å². The molecule has 0 amide bonds. The molecule has 1 aromatic heterocycles. The van der Waals surface area contributed by atoms with Gasteiger partial charge >= 0.3 is 0 Å². The summed E-state index contributed by atoms with van der Waals surface area (Å²) in [5.41, 5.74) is 5.85. The summed E-state index contributed by atoms with van der Waals surface area (Å²) in [6.45, 7) is 5.05. The zero-order chi connectivity index (χ0) is 14.8. The van der Waals surface area contributed by atoms with Crippen LogP contribution in [0.5, 0.6) is 0 Å². The van der Waals surface area contributed by atoms with Crippen LogP contribution in [0.4, 0.5) is 17.8 Å². The maximum atomic E-state index is 9.29. The number of aliphatic hydroxyl groups is 1. The quantitative estimate of drug-likeness (QED) is 0.779. The second kappa shape index (κ2) is 5.98. The smallest absolute Gasteiger partial charge is 0.232 e. The van der Waals surface area contributed by atoms with Crippen molar-refractivity contribution in [3.05, 3.63) is 0 Å². The van der Waals surface area contributed by atoms with E-state index in [1.165, 1.54) is 0 Å². The lowest BCUT2D eigenvalue weighted by Crippen LogP contribution is -2.50. The van der Waals surface area contributed by atoms with Gasteiger partial charge in [0.15, 0.2) is 0 Å². The molecular weight excluding hydrogens is 272 g/mol. The third kappa shape index (κ3) is 3.01. The number of ether oxygens (including phenoxy) is 1. The molecule has 2 fully saturated rings. The third-order valence-corrected chi connectivity index (χ3v) is 3.98. The molecule has 2 unspecified atom stereocenters. The highest BCUT2D eigenvalue weighted by Gasteiger charge is 2.29. The normalized spacial score (nSPS) is 26.4. The SMILES string of the molecule is CC1COC(CO)CN1c1nc(N)nc(N2CCCC2)n1. The number of hydrogen-bond acceptors (Lipinski definition) is 8. The first-order valence-electron chi connectivity index (χ1n) is 7.43. The Morgan fingerprint density at radius 1 is 1.24 bits per heavy atom. The van der Waals surface area contributed by atoms with Crippen molar-refractivity contribution in [2.24, 2.45) is 0 Å². The van der Waals surface area contributed by atoms with Crippen LogP contribution in [-0.2, 0) is 4.74 Å². The van der Waals surface area contributed by atoms with Gasteiger partial charge in [0.1, 0.15) is 0 Å². The van der Waals surface area contributed by atoms with E-state index in [0.717, 1.165) is 25.9 Å². The predicted molar refractivity (Wildman–Crippen MR) is 79.3 cm³/mol. The average molecular weight is 294 g/mol. The van der Waals surface area contributed by atoms with Gasteiger partial charge in [-0.2, -0.15) is 15.0 Å². The first-order chi connectivity index (χ1) is 10.2. The lowest BCUT2D eigenvalue weighted by atomic mass is 10.2. The zero-order valence-electron chi connectivity index (χ0n) is 12.3. The summed E-state index contributed by atoms with van der Waals surface area (Å²) in [7, 11) is 0. The first-order valence-corrected chi connectivity index (χ1v) is 7.43. The van der Waals surface area contributed by atoms with Crippen LogP contribution in [0.1, 0.15) is 19.8 Å². The molecule has 3 rings (SSSR count). The van der Waals surface area contributed by atoms with Gasteiger partial charge in [0, 0.05) is 19.6 Å². The van der Waals surface area contributed by atoms with E-state index in [-0.39, 0.29) is 24.7 Å². The van der Waals surface area contributed by atoms with E-state index in [2.05, 4.69) is 19.9 Å². The molecule has 116 valence electrons. The van der Waals surface area contributed by atoms with Gasteiger partial charge < -0.3 is 25.4 Å². The second-order valence-electron chi connectivity index (χ2n) is 5.63. The van der Waals surface area contributed by atoms with Gasteiger partial charge in [-0.1, -0.05) is 0 Å². The largest absolute Gasteiger partial charge is 0.394 e. The Labute approximate surface area is 123 Å². The molecule has 2 aliphatic heterocycles. The van der Waals surface area contributed by atoms with Gasteiger partial charge in [0.2, 0.25) is 17.8 Å². The minimum atomic E-state index is -0.213. The number of rotatable bonds is 3. The number of nitrogens with zero attached hydrogens (tertiary/aromatic N) is 5. The van der Waals surface area contributed by atoms with E-state index in [1.807, 2.05) is 11.8 Å². The van der Waals surface area contributed by atoms with Crippen molar-refractivity contribution in [1.82, 2.24) is 15.0 Å². The molecule has 0 saturated carbocycles. The van der Waals surface area contributed by atoms with Gasteiger partial charge in [-0.3, -0.25) is 0 Å². The summed E-state index contributed by atoms with van der Waals surface area (Å²) in [4.78, 5) is 17.3. The Bertz CT molecular complexity index is 494. The Morgan fingerprint density at radius 2 is 1.95 bits per heavy atom. The second-order valence-corrected chi connectivity index (χ2v) is 5.63. The molecule has 3 N–H and O–H groups in total. The Kier molecular flexibility index (Phi) is 4.07. The van der Waals surface area contributed by atoms with Crippen molar-refractivity contribution >= 4 is 17.8 Å². The summed E-state index contributed by atoms with van der Waals surface area (Å²) < 4.78 is 5.55. The van der Waals surface area contributed by atoms with Crippen LogP contribution in [-0.4, -0.2) is 65.1 Å². The fraction of sp³-hybridized carbons (Fsp3) is 0.769. The monoisotopic (exact) mass is 294 g/mol. The van der Waals surface area contributed by atoms with Crippen LogP contribution < -0.4 is 15.5 Å². The summed E-state index contributed by atoms with van der Waals surface area (Å²) >= 11 is 0. The minimum absolute atomic E-state index is 0.0111. The van der Waals surface area contributed by atoms with Crippen LogP contribution >= 0.6 is 0 Å². The Balaban J connectivity index is 1.86. The first kappa shape index (κ1) is 14.3. The molecule has 0 aromatic carbocycles. The third-order valence-electron chi connectivity index (χ3n) is 3.98. The van der Waals surface area contributed by atoms with Crippen molar-refractivity contribution in [2.75, 3.05) is 48.4 Å². The van der Waals surface area contributed by atoms with Crippen LogP contribution in [0.25, 0.3) is 0 Å². The molecular formula is C13H22N6O2. The summed E-state index contributed by atoms with van der Waals surface area (Å²) in [5, 5.41) is 9.29. The maximum absolute atomic E-state index is 9.29. The van der Waals surface area contributed by atoms with E-state index in [9.17, 15) is 5.11 Å². The standard InChI is InChI=1S/C13H22N6O2/c1-9-8-21-10(7-20)6-19(9)13-16-11(14)15-12(17-13)18-4-2-3-5-18/h9-10,20H,2-8H2,1H3,(H2,14,15,16,17). The maximum Gasteiger partial charge on any atom is 0.232 e. The number of nitrogens with two attached hydrogens (primary N) is 1. The van der Waals surface area contributed by atoms with Gasteiger partial charge in [-0.25, -0.2) is 0 Å². The highest BCUT2D eigenvalue weighted by molar-refractivity contribution is 5.45. The number of anilines is 3. The fourth-order valence-electron chi connectivity index (χ4n) is 2.76. The number of hydrogen-bond donors (Lipinski definition) is 2. The van der Waals surface area contributed by atoms with E-state index in [1.54, 1.807) is 0 Å². The van der Waals surface area contributed by atoms with Crippen molar-refractivity contribution in [3.8, 4) is 0 Å². The highest BCUT2D eigenvalue weighted by atomic mass is 16.5. The number of aromatic nitrogens is 3. The molecule has 21 heavy (non-hydrogen) atoms. The number of aliphatic hydroxyl groups excluding tert-OH is 1. The van der Waals surface area contributed by atoms with Crippen molar-refractivity contribution in [3.63, 3.8) is 0 Å². The van der Waals surface area contributed by atoms with Crippen molar-refractivity contribution < 1.29 is 9.84 Å². The Morgan fingerprint density at radius 3 is 2.67 bits per heavy atom. The van der Waals surface area contributed by atoms with E-state index >= 15 is 0 Å². The lowest BCUT2D eigenvalue weighted by Gasteiger charge is -2.37. The molecule has 0 bridgehead atoms. The average Bonchev–Trinajstić information content (AvgIpc) is 3.01.